The summed E-state index contributed by atoms with van der Waals surface area (Å²) < 4.78 is 0. The highest BCUT2D eigenvalue weighted by molar-refractivity contribution is 7.98. The summed E-state index contributed by atoms with van der Waals surface area (Å²) in [6.45, 7) is 3.84. The van der Waals surface area contributed by atoms with Crippen LogP contribution < -0.4 is 5.32 Å². The third-order valence-electron chi connectivity index (χ3n) is 4.53. The Morgan fingerprint density at radius 1 is 1.56 bits per heavy atom. The summed E-state index contributed by atoms with van der Waals surface area (Å²) >= 11 is 1.50. The monoisotopic (exact) mass is 263 g/mol. The first-order chi connectivity index (χ1) is 8.55. The molecule has 1 atom stereocenters. The molecule has 3 fully saturated rings. The second kappa shape index (κ2) is 3.95. The molecule has 0 aromatic carbocycles. The number of nitrogens with zero attached hydrogens (tertiary/aromatic N) is 2. The van der Waals surface area contributed by atoms with Crippen molar-refractivity contribution in [2.75, 3.05) is 11.6 Å². The van der Waals surface area contributed by atoms with Crippen molar-refractivity contribution in [2.45, 2.75) is 37.4 Å². The van der Waals surface area contributed by atoms with Gasteiger partial charge in [-0.05, 0) is 37.9 Å². The van der Waals surface area contributed by atoms with Gasteiger partial charge in [0.2, 0.25) is 0 Å². The number of thioether (sulfide) groups is 1. The van der Waals surface area contributed by atoms with E-state index in [9.17, 15) is 4.79 Å². The van der Waals surface area contributed by atoms with E-state index in [0.29, 0.717) is 22.5 Å². The lowest BCUT2D eigenvalue weighted by Gasteiger charge is -2.67. The van der Waals surface area contributed by atoms with E-state index in [2.05, 4.69) is 22.2 Å². The fourth-order valence-corrected chi connectivity index (χ4v) is 3.34. The second-order valence-electron chi connectivity index (χ2n) is 5.41. The molecule has 1 aromatic rings. The minimum atomic E-state index is 0.0180. The van der Waals surface area contributed by atoms with Gasteiger partial charge in [-0.1, -0.05) is 18.7 Å². The van der Waals surface area contributed by atoms with Crippen LogP contribution in [0, 0.1) is 11.8 Å². The predicted molar refractivity (Wildman–Crippen MR) is 72.1 cm³/mol. The van der Waals surface area contributed by atoms with Gasteiger partial charge >= 0.3 is 0 Å². The van der Waals surface area contributed by atoms with Crippen LogP contribution >= 0.6 is 11.8 Å². The second-order valence-corrected chi connectivity index (χ2v) is 6.19. The molecule has 2 bridgehead atoms. The lowest BCUT2D eigenvalue weighted by molar-refractivity contribution is -0.0812. The molecule has 3 aliphatic rings. The molecule has 3 saturated carbocycles. The van der Waals surface area contributed by atoms with Crippen molar-refractivity contribution in [3.8, 4) is 0 Å². The maximum Gasteiger partial charge on any atom is 0.189 e. The van der Waals surface area contributed by atoms with E-state index in [1.165, 1.54) is 24.6 Å². The fraction of sp³-hybridized carbons (Fsp3) is 0.615. The summed E-state index contributed by atoms with van der Waals surface area (Å²) in [6, 6.07) is 0. The van der Waals surface area contributed by atoms with Crippen LogP contribution in [0.2, 0.25) is 0 Å². The lowest BCUT2D eigenvalue weighted by Crippen LogP contribution is -2.70. The molecule has 4 rings (SSSR count). The van der Waals surface area contributed by atoms with Crippen LogP contribution in [-0.2, 0) is 0 Å². The van der Waals surface area contributed by atoms with Crippen molar-refractivity contribution in [3.63, 3.8) is 0 Å². The molecule has 1 heterocycles. The predicted octanol–water partition coefficient (Wildman–Crippen LogP) is 2.61. The van der Waals surface area contributed by atoms with Crippen LogP contribution in [0.25, 0.3) is 0 Å². The Morgan fingerprint density at radius 2 is 2.28 bits per heavy atom. The number of rotatable bonds is 4. The summed E-state index contributed by atoms with van der Waals surface area (Å²) in [6.07, 6.45) is 6.00. The Morgan fingerprint density at radius 3 is 2.72 bits per heavy atom. The van der Waals surface area contributed by atoms with Gasteiger partial charge in [-0.25, -0.2) is 9.97 Å². The number of hydrogen-bond donors (Lipinski definition) is 1. The zero-order valence-corrected chi connectivity index (χ0v) is 11.7. The summed E-state index contributed by atoms with van der Waals surface area (Å²) in [5.41, 5.74) is 0.795. The Kier molecular flexibility index (Phi) is 2.62. The molecule has 0 aliphatic heterocycles. The normalized spacial score (nSPS) is 32.4. The van der Waals surface area contributed by atoms with Gasteiger partial charge in [0.1, 0.15) is 5.82 Å². The van der Waals surface area contributed by atoms with Crippen molar-refractivity contribution >= 4 is 23.4 Å². The maximum atomic E-state index is 11.6. The Hall–Kier alpha value is -1.10. The molecule has 1 aromatic heterocycles. The number of carbonyl (C=O) groups is 1. The van der Waals surface area contributed by atoms with Gasteiger partial charge in [-0.2, -0.15) is 0 Å². The van der Waals surface area contributed by atoms with Crippen molar-refractivity contribution < 1.29 is 4.79 Å². The van der Waals surface area contributed by atoms with Crippen LogP contribution in [0.3, 0.4) is 0 Å². The molecule has 96 valence electrons. The van der Waals surface area contributed by atoms with Gasteiger partial charge in [0.15, 0.2) is 10.9 Å². The smallest absolute Gasteiger partial charge is 0.189 e. The molecule has 0 spiro atoms. The Labute approximate surface area is 111 Å². The highest BCUT2D eigenvalue weighted by Gasteiger charge is 2.63. The molecule has 1 N–H and O–H groups in total. The number of aromatic nitrogens is 2. The van der Waals surface area contributed by atoms with Gasteiger partial charge in [-0.15, -0.1) is 0 Å². The first-order valence-corrected chi connectivity index (χ1v) is 7.48. The molecule has 3 aliphatic carbocycles. The minimum Gasteiger partial charge on any atom is -0.364 e. The molecule has 0 radical (unpaired) electrons. The van der Waals surface area contributed by atoms with Crippen LogP contribution in [0.4, 0.5) is 5.82 Å². The average molecular weight is 263 g/mol. The highest BCUT2D eigenvalue weighted by Crippen LogP contribution is 2.63. The molecule has 18 heavy (non-hydrogen) atoms. The Balaban J connectivity index is 1.91. The van der Waals surface area contributed by atoms with E-state index in [4.69, 9.17) is 0 Å². The summed E-state index contributed by atoms with van der Waals surface area (Å²) in [5, 5.41) is 4.22. The van der Waals surface area contributed by atoms with E-state index in [-0.39, 0.29) is 11.3 Å². The minimum absolute atomic E-state index is 0.0180. The van der Waals surface area contributed by atoms with E-state index >= 15 is 0 Å². The van der Waals surface area contributed by atoms with Gasteiger partial charge in [0.25, 0.3) is 0 Å². The molecule has 0 unspecified atom stereocenters. The third kappa shape index (κ3) is 1.56. The molecule has 4 nitrogen and oxygen atoms in total. The topological polar surface area (TPSA) is 54.9 Å². The van der Waals surface area contributed by atoms with Crippen LogP contribution in [0.5, 0.6) is 0 Å². The van der Waals surface area contributed by atoms with Crippen LogP contribution in [-0.4, -0.2) is 27.5 Å². The standard InChI is InChI=1S/C13H17N3OS/c1-7-9-4-13(7,5-9)16-11-10(8(2)17)6-14-12(15-11)18-3/h6-7,9H,4-5H2,1-3H3,(H,14,15,16)/t7-,9?,13?/m1/s1. The first-order valence-electron chi connectivity index (χ1n) is 6.26. The van der Waals surface area contributed by atoms with Crippen molar-refractivity contribution in [3.05, 3.63) is 11.8 Å². The van der Waals surface area contributed by atoms with E-state index in [0.717, 1.165) is 5.92 Å². The van der Waals surface area contributed by atoms with Crippen molar-refractivity contribution in [1.29, 1.82) is 0 Å². The van der Waals surface area contributed by atoms with Gasteiger partial charge in [0, 0.05) is 11.7 Å². The Bertz CT molecular complexity index is 511. The highest BCUT2D eigenvalue weighted by atomic mass is 32.2. The SMILES string of the molecule is CSc1ncc(C(C)=O)c(NC23CC(C2)[C@H]3C)n1. The maximum absolute atomic E-state index is 11.6. The van der Waals surface area contributed by atoms with Crippen molar-refractivity contribution in [2.24, 2.45) is 11.8 Å². The third-order valence-corrected chi connectivity index (χ3v) is 5.09. The number of anilines is 1. The van der Waals surface area contributed by atoms with Gasteiger partial charge < -0.3 is 5.32 Å². The van der Waals surface area contributed by atoms with Gasteiger partial charge in [0.05, 0.1) is 5.56 Å². The average Bonchev–Trinajstić information content (AvgIpc) is 2.33. The summed E-state index contributed by atoms with van der Waals surface area (Å²) in [7, 11) is 0. The number of nitrogens with one attached hydrogen (secondary N) is 1. The van der Waals surface area contributed by atoms with E-state index in [1.54, 1.807) is 13.1 Å². The van der Waals surface area contributed by atoms with E-state index < -0.39 is 0 Å². The quantitative estimate of drug-likeness (QED) is 0.514. The molecule has 0 amide bonds. The molecule has 0 saturated heterocycles. The first kappa shape index (κ1) is 12.0. The zero-order valence-electron chi connectivity index (χ0n) is 10.9. The summed E-state index contributed by atoms with van der Waals surface area (Å²) in [5.74, 6) is 2.31. The lowest BCUT2D eigenvalue weighted by atomic mass is 9.43. The van der Waals surface area contributed by atoms with Crippen LogP contribution in [0.15, 0.2) is 11.4 Å². The fourth-order valence-electron chi connectivity index (χ4n) is 3.00. The van der Waals surface area contributed by atoms with Gasteiger partial charge in [-0.3, -0.25) is 4.79 Å². The largest absolute Gasteiger partial charge is 0.364 e. The number of carbonyl (C=O) groups excluding carboxylic acids is 1. The number of Topliss-reactive ketones (excluding diaryl/α,β-unsaturated/α-hetero) is 1. The number of ketones is 1. The molecular weight excluding hydrogens is 246 g/mol. The summed E-state index contributed by atoms with van der Waals surface area (Å²) in [4.78, 5) is 20.3. The molecule has 5 heteroatoms. The number of hydrogen-bond acceptors (Lipinski definition) is 5. The van der Waals surface area contributed by atoms with Crippen LogP contribution in [0.1, 0.15) is 37.0 Å². The molecular formula is C13H17N3OS. The van der Waals surface area contributed by atoms with E-state index in [1.807, 2.05) is 6.26 Å². The zero-order chi connectivity index (χ0) is 12.9. The van der Waals surface area contributed by atoms with Crippen molar-refractivity contribution in [1.82, 2.24) is 9.97 Å².